The summed E-state index contributed by atoms with van der Waals surface area (Å²) in [5.41, 5.74) is 1.66. The molecule has 1 aliphatic rings. The second-order valence-corrected chi connectivity index (χ2v) is 9.24. The number of carboxylic acid groups (broad SMARTS) is 2. The Balaban J connectivity index is 0.000000751. The van der Waals surface area contributed by atoms with Gasteiger partial charge in [0.05, 0.1) is 6.61 Å². The van der Waals surface area contributed by atoms with Crippen molar-refractivity contribution in [2.75, 3.05) is 26.2 Å². The molecule has 1 heterocycles. The number of unbranched alkanes of at least 4 members (excludes halogenated alkanes) is 4. The zero-order chi connectivity index (χ0) is 23.8. The average molecular weight is 450 g/mol. The van der Waals surface area contributed by atoms with Crippen LogP contribution in [0.25, 0.3) is 0 Å². The third kappa shape index (κ3) is 12.1. The number of nitrogens with zero attached hydrogens (tertiary/aromatic N) is 1. The van der Waals surface area contributed by atoms with Gasteiger partial charge in [-0.1, -0.05) is 65.0 Å². The smallest absolute Gasteiger partial charge is 0.414 e. The van der Waals surface area contributed by atoms with Crippen LogP contribution in [-0.2, 0) is 15.0 Å². The molecule has 0 spiro atoms. The van der Waals surface area contributed by atoms with Crippen LogP contribution < -0.4 is 4.74 Å². The summed E-state index contributed by atoms with van der Waals surface area (Å²) in [5, 5.41) is 14.8. The molecular weight excluding hydrogens is 406 g/mol. The fourth-order valence-electron chi connectivity index (χ4n) is 3.72. The van der Waals surface area contributed by atoms with Crippen LogP contribution in [0.5, 0.6) is 5.75 Å². The van der Waals surface area contributed by atoms with E-state index < -0.39 is 11.9 Å². The van der Waals surface area contributed by atoms with Crippen LogP contribution in [0.15, 0.2) is 24.3 Å². The van der Waals surface area contributed by atoms with E-state index in [9.17, 15) is 0 Å². The minimum Gasteiger partial charge on any atom is -0.494 e. The normalized spacial score (nSPS) is 14.7. The van der Waals surface area contributed by atoms with Gasteiger partial charge in [-0.25, -0.2) is 9.59 Å². The van der Waals surface area contributed by atoms with E-state index >= 15 is 0 Å². The van der Waals surface area contributed by atoms with E-state index in [4.69, 9.17) is 24.5 Å². The SMILES string of the molecule is CCC(C)(C)c1ccc(OCCCCCCCN2CCCCCC2)cc1.O=C(O)C(=O)O. The molecular formula is C26H43NO5. The summed E-state index contributed by atoms with van der Waals surface area (Å²) in [6.45, 7) is 11.7. The fraction of sp³-hybridized carbons (Fsp3) is 0.692. The Morgan fingerprint density at radius 2 is 1.41 bits per heavy atom. The molecule has 6 heteroatoms. The Kier molecular flexibility index (Phi) is 13.7. The lowest BCUT2D eigenvalue weighted by molar-refractivity contribution is -0.159. The summed E-state index contributed by atoms with van der Waals surface area (Å²) in [6.07, 6.45) is 13.4. The number of carbonyl (C=O) groups is 2. The molecule has 1 aromatic rings. The summed E-state index contributed by atoms with van der Waals surface area (Å²) in [6, 6.07) is 8.71. The molecule has 0 amide bonds. The first-order valence-corrected chi connectivity index (χ1v) is 12.2. The van der Waals surface area contributed by atoms with E-state index in [1.165, 1.54) is 83.0 Å². The molecule has 6 nitrogen and oxygen atoms in total. The molecule has 182 valence electrons. The van der Waals surface area contributed by atoms with Gasteiger partial charge in [-0.05, 0) is 74.8 Å². The predicted molar refractivity (Wildman–Crippen MR) is 129 cm³/mol. The molecule has 0 aliphatic carbocycles. The second kappa shape index (κ2) is 15.7. The highest BCUT2D eigenvalue weighted by molar-refractivity contribution is 6.27. The van der Waals surface area contributed by atoms with E-state index in [0.717, 1.165) is 18.8 Å². The monoisotopic (exact) mass is 449 g/mol. The number of carboxylic acids is 2. The molecule has 2 N–H and O–H groups in total. The van der Waals surface area contributed by atoms with Crippen molar-refractivity contribution >= 4 is 11.9 Å². The van der Waals surface area contributed by atoms with Crippen LogP contribution in [0.2, 0.25) is 0 Å². The molecule has 1 aromatic carbocycles. The number of likely N-dealkylation sites (tertiary alicyclic amines) is 1. The molecule has 1 aliphatic heterocycles. The molecule has 2 rings (SSSR count). The van der Waals surface area contributed by atoms with Gasteiger partial charge in [0.2, 0.25) is 0 Å². The van der Waals surface area contributed by atoms with Gasteiger partial charge >= 0.3 is 11.9 Å². The topological polar surface area (TPSA) is 87.1 Å². The molecule has 0 atom stereocenters. The van der Waals surface area contributed by atoms with E-state index in [2.05, 4.69) is 49.9 Å². The zero-order valence-electron chi connectivity index (χ0n) is 20.3. The molecule has 0 aromatic heterocycles. The van der Waals surface area contributed by atoms with Crippen LogP contribution >= 0.6 is 0 Å². The third-order valence-corrected chi connectivity index (χ3v) is 6.29. The van der Waals surface area contributed by atoms with Gasteiger partial charge in [0.25, 0.3) is 0 Å². The summed E-state index contributed by atoms with van der Waals surface area (Å²) in [7, 11) is 0. The van der Waals surface area contributed by atoms with Crippen LogP contribution in [0, 0.1) is 0 Å². The lowest BCUT2D eigenvalue weighted by atomic mass is 9.82. The van der Waals surface area contributed by atoms with Crippen molar-refractivity contribution in [2.24, 2.45) is 0 Å². The maximum Gasteiger partial charge on any atom is 0.414 e. The first-order chi connectivity index (χ1) is 15.3. The van der Waals surface area contributed by atoms with Crippen molar-refractivity contribution in [3.05, 3.63) is 29.8 Å². The molecule has 0 unspecified atom stereocenters. The maximum atomic E-state index is 9.10. The highest BCUT2D eigenvalue weighted by Gasteiger charge is 2.17. The van der Waals surface area contributed by atoms with Gasteiger partial charge < -0.3 is 19.8 Å². The summed E-state index contributed by atoms with van der Waals surface area (Å²) >= 11 is 0. The standard InChI is InChI=1S/C24H41NO.C2H2O4/c1-4-24(2,3)22-14-16-23(17-15-22)26-21-13-9-5-6-10-18-25-19-11-7-8-12-20-25;3-1(4)2(5)6/h14-17H,4-13,18-21H2,1-3H3;(H,3,4)(H,5,6). The summed E-state index contributed by atoms with van der Waals surface area (Å²) in [5.74, 6) is -2.63. The number of ether oxygens (including phenoxy) is 1. The number of aliphatic carboxylic acids is 2. The van der Waals surface area contributed by atoms with Crippen molar-refractivity contribution in [1.29, 1.82) is 0 Å². The van der Waals surface area contributed by atoms with E-state index in [-0.39, 0.29) is 5.41 Å². The first kappa shape index (κ1) is 28.0. The van der Waals surface area contributed by atoms with Crippen molar-refractivity contribution < 1.29 is 24.5 Å². The molecule has 0 bridgehead atoms. The lowest BCUT2D eigenvalue weighted by Gasteiger charge is -2.23. The quantitative estimate of drug-likeness (QED) is 0.331. The van der Waals surface area contributed by atoms with Gasteiger partial charge in [-0.3, -0.25) is 0 Å². The van der Waals surface area contributed by atoms with Gasteiger partial charge in [-0.2, -0.15) is 0 Å². The maximum absolute atomic E-state index is 9.10. The minimum absolute atomic E-state index is 0.256. The molecule has 0 saturated carbocycles. The van der Waals surface area contributed by atoms with Crippen molar-refractivity contribution in [1.82, 2.24) is 4.90 Å². The molecule has 32 heavy (non-hydrogen) atoms. The van der Waals surface area contributed by atoms with Crippen molar-refractivity contribution in [3.63, 3.8) is 0 Å². The lowest BCUT2D eigenvalue weighted by Crippen LogP contribution is -2.25. The number of rotatable bonds is 11. The largest absolute Gasteiger partial charge is 0.494 e. The predicted octanol–water partition coefficient (Wildman–Crippen LogP) is 5.74. The average Bonchev–Trinajstić information content (AvgIpc) is 3.05. The van der Waals surface area contributed by atoms with Crippen molar-refractivity contribution in [2.45, 2.75) is 90.4 Å². The Labute approximate surface area is 194 Å². The fourth-order valence-corrected chi connectivity index (χ4v) is 3.72. The van der Waals surface area contributed by atoms with Gasteiger partial charge in [0.1, 0.15) is 5.75 Å². The number of benzene rings is 1. The summed E-state index contributed by atoms with van der Waals surface area (Å²) in [4.78, 5) is 20.9. The third-order valence-electron chi connectivity index (χ3n) is 6.29. The van der Waals surface area contributed by atoms with E-state index in [0.29, 0.717) is 0 Å². The van der Waals surface area contributed by atoms with Crippen LogP contribution in [0.4, 0.5) is 0 Å². The van der Waals surface area contributed by atoms with Crippen LogP contribution in [0.3, 0.4) is 0 Å². The summed E-state index contributed by atoms with van der Waals surface area (Å²) < 4.78 is 5.91. The Bertz CT molecular complexity index is 637. The second-order valence-electron chi connectivity index (χ2n) is 9.24. The van der Waals surface area contributed by atoms with Gasteiger partial charge in [-0.15, -0.1) is 0 Å². The zero-order valence-corrected chi connectivity index (χ0v) is 20.3. The van der Waals surface area contributed by atoms with Gasteiger partial charge in [0, 0.05) is 0 Å². The van der Waals surface area contributed by atoms with E-state index in [1.807, 2.05) is 0 Å². The first-order valence-electron chi connectivity index (χ1n) is 12.2. The molecule has 1 saturated heterocycles. The Morgan fingerprint density at radius 3 is 1.94 bits per heavy atom. The van der Waals surface area contributed by atoms with Crippen LogP contribution in [0.1, 0.15) is 90.5 Å². The van der Waals surface area contributed by atoms with Crippen molar-refractivity contribution in [3.8, 4) is 5.75 Å². The van der Waals surface area contributed by atoms with Crippen LogP contribution in [-0.4, -0.2) is 53.3 Å². The highest BCUT2D eigenvalue weighted by Crippen LogP contribution is 2.28. The molecule has 1 fully saturated rings. The Morgan fingerprint density at radius 1 is 0.875 bits per heavy atom. The number of hydrogen-bond donors (Lipinski definition) is 2. The highest BCUT2D eigenvalue weighted by atomic mass is 16.5. The minimum atomic E-state index is -1.82. The Hall–Kier alpha value is -2.08. The van der Waals surface area contributed by atoms with Gasteiger partial charge in [0.15, 0.2) is 0 Å². The number of hydrogen-bond acceptors (Lipinski definition) is 4. The van der Waals surface area contributed by atoms with E-state index in [1.54, 1.807) is 0 Å². The molecule has 0 radical (unpaired) electrons.